The quantitative estimate of drug-likeness (QED) is 0.684. The van der Waals surface area contributed by atoms with Crippen LogP contribution in [0.15, 0.2) is 48.5 Å². The van der Waals surface area contributed by atoms with E-state index in [4.69, 9.17) is 0 Å². The molecular formula is C23H23F4N3O3. The van der Waals surface area contributed by atoms with Gasteiger partial charge in [0, 0.05) is 31.6 Å². The fourth-order valence-electron chi connectivity index (χ4n) is 3.74. The van der Waals surface area contributed by atoms with Crippen LogP contribution in [0.5, 0.6) is 0 Å². The molecule has 33 heavy (non-hydrogen) atoms. The van der Waals surface area contributed by atoms with Gasteiger partial charge in [0.05, 0.1) is 17.8 Å². The molecule has 6 nitrogen and oxygen atoms in total. The molecule has 10 heteroatoms. The number of benzene rings is 2. The number of rotatable bonds is 5. The lowest BCUT2D eigenvalue weighted by Gasteiger charge is -2.33. The van der Waals surface area contributed by atoms with Gasteiger partial charge in [-0.25, -0.2) is 4.39 Å². The zero-order valence-corrected chi connectivity index (χ0v) is 17.9. The maximum Gasteiger partial charge on any atom is 0.418 e. The number of nitrogens with one attached hydrogen (secondary N) is 1. The fourth-order valence-corrected chi connectivity index (χ4v) is 3.74. The van der Waals surface area contributed by atoms with Crippen LogP contribution in [0.25, 0.3) is 0 Å². The van der Waals surface area contributed by atoms with Crippen LogP contribution < -0.4 is 5.32 Å². The summed E-state index contributed by atoms with van der Waals surface area (Å²) in [6.45, 7) is 0.247. The van der Waals surface area contributed by atoms with Gasteiger partial charge in [0.25, 0.3) is 5.91 Å². The predicted octanol–water partition coefficient (Wildman–Crippen LogP) is 3.79. The number of hydrogen-bond acceptors (Lipinski definition) is 3. The fraction of sp³-hybridized carbons (Fsp3) is 0.348. The van der Waals surface area contributed by atoms with E-state index in [9.17, 15) is 31.9 Å². The summed E-state index contributed by atoms with van der Waals surface area (Å²) >= 11 is 0. The Hall–Kier alpha value is -3.43. The Balaban J connectivity index is 1.52. The first-order valence-electron chi connectivity index (χ1n) is 10.3. The number of nitrogens with zero attached hydrogens (tertiary/aromatic N) is 2. The van der Waals surface area contributed by atoms with Crippen molar-refractivity contribution in [3.8, 4) is 0 Å². The van der Waals surface area contributed by atoms with E-state index in [0.717, 1.165) is 12.1 Å². The molecule has 0 atom stereocenters. The summed E-state index contributed by atoms with van der Waals surface area (Å²) in [6, 6.07) is 9.83. The highest BCUT2D eigenvalue weighted by Gasteiger charge is 2.34. The molecule has 0 bridgehead atoms. The third kappa shape index (κ3) is 6.09. The van der Waals surface area contributed by atoms with Gasteiger partial charge in [-0.1, -0.05) is 12.1 Å². The minimum Gasteiger partial charge on any atom is -0.339 e. The molecule has 0 spiro atoms. The monoisotopic (exact) mass is 465 g/mol. The van der Waals surface area contributed by atoms with Crippen molar-refractivity contribution in [1.82, 2.24) is 9.80 Å². The van der Waals surface area contributed by atoms with E-state index >= 15 is 0 Å². The molecule has 0 radical (unpaired) electrons. The summed E-state index contributed by atoms with van der Waals surface area (Å²) < 4.78 is 52.3. The molecular weight excluding hydrogens is 442 g/mol. The topological polar surface area (TPSA) is 69.7 Å². The third-order valence-corrected chi connectivity index (χ3v) is 5.49. The van der Waals surface area contributed by atoms with Crippen molar-refractivity contribution in [2.24, 2.45) is 5.92 Å². The molecule has 0 aromatic heterocycles. The minimum absolute atomic E-state index is 0.253. The second-order valence-corrected chi connectivity index (χ2v) is 7.86. The second kappa shape index (κ2) is 10.0. The van der Waals surface area contributed by atoms with Crippen molar-refractivity contribution >= 4 is 23.4 Å². The molecule has 1 aliphatic heterocycles. The van der Waals surface area contributed by atoms with Crippen LogP contribution in [0, 0.1) is 11.7 Å². The minimum atomic E-state index is -4.62. The van der Waals surface area contributed by atoms with E-state index in [-0.39, 0.29) is 17.5 Å². The smallest absolute Gasteiger partial charge is 0.339 e. The van der Waals surface area contributed by atoms with E-state index in [1.807, 2.05) is 0 Å². The van der Waals surface area contributed by atoms with Gasteiger partial charge in [-0.15, -0.1) is 0 Å². The van der Waals surface area contributed by atoms with Gasteiger partial charge in [-0.3, -0.25) is 14.4 Å². The van der Waals surface area contributed by atoms with Gasteiger partial charge < -0.3 is 15.1 Å². The summed E-state index contributed by atoms with van der Waals surface area (Å²) in [5.74, 6) is -2.17. The Kier molecular flexibility index (Phi) is 7.35. The number of carbonyl (C=O) groups excluding carboxylic acids is 3. The highest BCUT2D eigenvalue weighted by Crippen LogP contribution is 2.34. The highest BCUT2D eigenvalue weighted by atomic mass is 19.4. The average Bonchev–Trinajstić information content (AvgIpc) is 2.78. The standard InChI is InChI=1S/C23H23F4N3O3/c1-29(14-20(31)28-19-5-3-2-4-18(19)23(25,26)27)21(32)16-10-12-30(13-11-16)22(33)15-6-8-17(24)9-7-15/h2-9,16H,10-14H2,1H3,(H,28,31). The van der Waals surface area contributed by atoms with Crippen LogP contribution in [0.1, 0.15) is 28.8 Å². The Labute approximate surface area is 188 Å². The number of amides is 3. The van der Waals surface area contributed by atoms with Crippen molar-refractivity contribution in [3.63, 3.8) is 0 Å². The van der Waals surface area contributed by atoms with Crippen LogP contribution in [-0.4, -0.2) is 54.2 Å². The molecule has 3 amide bonds. The van der Waals surface area contributed by atoms with E-state index in [1.165, 1.54) is 48.3 Å². The lowest BCUT2D eigenvalue weighted by atomic mass is 9.95. The molecule has 176 valence electrons. The summed E-state index contributed by atoms with van der Waals surface area (Å²) in [5.41, 5.74) is -0.983. The van der Waals surface area contributed by atoms with Crippen molar-refractivity contribution in [2.45, 2.75) is 19.0 Å². The number of anilines is 1. The number of halogens is 4. The molecule has 1 fully saturated rings. The van der Waals surface area contributed by atoms with Gasteiger partial charge in [0.1, 0.15) is 5.82 Å². The summed E-state index contributed by atoms with van der Waals surface area (Å²) in [7, 11) is 1.41. The van der Waals surface area contributed by atoms with Crippen molar-refractivity contribution in [2.75, 3.05) is 32.0 Å². The molecule has 1 N–H and O–H groups in total. The number of piperidine rings is 1. The van der Waals surface area contributed by atoms with Crippen molar-refractivity contribution < 1.29 is 31.9 Å². The first-order chi connectivity index (χ1) is 15.6. The number of hydrogen-bond donors (Lipinski definition) is 1. The van der Waals surface area contributed by atoms with Crippen LogP contribution in [-0.2, 0) is 15.8 Å². The number of para-hydroxylation sites is 1. The normalized spacial score (nSPS) is 14.6. The van der Waals surface area contributed by atoms with Gasteiger partial charge >= 0.3 is 6.18 Å². The predicted molar refractivity (Wildman–Crippen MR) is 113 cm³/mol. The highest BCUT2D eigenvalue weighted by molar-refractivity contribution is 5.96. The van der Waals surface area contributed by atoms with E-state index < -0.39 is 35.9 Å². The van der Waals surface area contributed by atoms with Gasteiger partial charge in [0.15, 0.2) is 0 Å². The molecule has 2 aromatic rings. The Morgan fingerprint density at radius 2 is 1.64 bits per heavy atom. The number of likely N-dealkylation sites (tertiary alicyclic amines) is 1. The van der Waals surface area contributed by atoms with Gasteiger partial charge in [-0.05, 0) is 49.2 Å². The lowest BCUT2D eigenvalue weighted by molar-refractivity contribution is -0.138. The Bertz CT molecular complexity index is 1020. The van der Waals surface area contributed by atoms with Crippen LogP contribution >= 0.6 is 0 Å². The zero-order valence-electron chi connectivity index (χ0n) is 17.9. The molecule has 1 heterocycles. The largest absolute Gasteiger partial charge is 0.418 e. The molecule has 3 rings (SSSR count). The van der Waals surface area contributed by atoms with Crippen LogP contribution in [0.2, 0.25) is 0 Å². The molecule has 1 saturated heterocycles. The second-order valence-electron chi connectivity index (χ2n) is 7.86. The summed E-state index contributed by atoms with van der Waals surface area (Å²) in [6.07, 6.45) is -3.85. The van der Waals surface area contributed by atoms with Crippen molar-refractivity contribution in [3.05, 3.63) is 65.5 Å². The maximum absolute atomic E-state index is 13.1. The number of alkyl halides is 3. The lowest BCUT2D eigenvalue weighted by Crippen LogP contribution is -2.45. The Morgan fingerprint density at radius 3 is 2.24 bits per heavy atom. The molecule has 0 aliphatic carbocycles. The SMILES string of the molecule is CN(CC(=O)Nc1ccccc1C(F)(F)F)C(=O)C1CCN(C(=O)c2ccc(F)cc2)CC1. The van der Waals surface area contributed by atoms with Crippen molar-refractivity contribution in [1.29, 1.82) is 0 Å². The van der Waals surface area contributed by atoms with Gasteiger partial charge in [0.2, 0.25) is 11.8 Å². The van der Waals surface area contributed by atoms with E-state index in [1.54, 1.807) is 4.90 Å². The van der Waals surface area contributed by atoms with E-state index in [0.29, 0.717) is 31.5 Å². The molecule has 1 aliphatic rings. The third-order valence-electron chi connectivity index (χ3n) is 5.49. The molecule has 0 unspecified atom stereocenters. The summed E-state index contributed by atoms with van der Waals surface area (Å²) in [5, 5.41) is 2.22. The molecule has 0 saturated carbocycles. The summed E-state index contributed by atoms with van der Waals surface area (Å²) in [4.78, 5) is 40.2. The van der Waals surface area contributed by atoms with Gasteiger partial charge in [-0.2, -0.15) is 13.2 Å². The van der Waals surface area contributed by atoms with E-state index in [2.05, 4.69) is 5.32 Å². The Morgan fingerprint density at radius 1 is 1.03 bits per heavy atom. The number of likely N-dealkylation sites (N-methyl/N-ethyl adjacent to an activating group) is 1. The number of carbonyl (C=O) groups is 3. The van der Waals surface area contributed by atoms with Crippen LogP contribution in [0.3, 0.4) is 0 Å². The first-order valence-corrected chi connectivity index (χ1v) is 10.3. The van der Waals surface area contributed by atoms with Crippen LogP contribution in [0.4, 0.5) is 23.2 Å². The maximum atomic E-state index is 13.1. The molecule has 2 aromatic carbocycles. The average molecular weight is 465 g/mol. The first kappa shape index (κ1) is 24.2. The zero-order chi connectivity index (χ0) is 24.2.